The van der Waals surface area contributed by atoms with E-state index < -0.39 is 10.0 Å². The Morgan fingerprint density at radius 3 is 2.79 bits per heavy atom. The van der Waals surface area contributed by atoms with Crippen LogP contribution >= 0.6 is 12.4 Å². The number of sulfonamides is 1. The Morgan fingerprint density at radius 1 is 1.33 bits per heavy atom. The number of hydrogen-bond acceptors (Lipinski definition) is 4. The minimum absolute atomic E-state index is 0. The fraction of sp³-hybridized carbons (Fsp3) is 0.562. The molecular weight excluding hydrogens is 350 g/mol. The number of amides is 1. The Hall–Kier alpha value is -1.15. The molecule has 2 N–H and O–H groups in total. The molecule has 2 heterocycles. The largest absolute Gasteiger partial charge is 0.315 e. The predicted molar refractivity (Wildman–Crippen MR) is 96.3 cm³/mol. The number of benzene rings is 1. The molecule has 24 heavy (non-hydrogen) atoms. The number of fused-ring (bicyclic) bond motifs is 1. The number of halogens is 1. The van der Waals surface area contributed by atoms with Crippen LogP contribution < -0.4 is 14.9 Å². The van der Waals surface area contributed by atoms with Gasteiger partial charge in [-0.3, -0.25) is 4.79 Å². The third-order valence-electron chi connectivity index (χ3n) is 4.48. The molecule has 0 aliphatic carbocycles. The van der Waals surface area contributed by atoms with E-state index in [1.165, 1.54) is 6.92 Å². The summed E-state index contributed by atoms with van der Waals surface area (Å²) in [6, 6.07) is 5.03. The van der Waals surface area contributed by atoms with E-state index in [-0.39, 0.29) is 29.3 Å². The van der Waals surface area contributed by atoms with E-state index in [4.69, 9.17) is 0 Å². The van der Waals surface area contributed by atoms with Crippen molar-refractivity contribution in [3.63, 3.8) is 0 Å². The van der Waals surface area contributed by atoms with Gasteiger partial charge in [0.1, 0.15) is 0 Å². The standard InChI is InChI=1S/C16H23N3O3S.ClH/c1-12(20)19-9-3-4-13-6-7-15(10-16(13)19)23(21,22)18-14-5-2-8-17-11-14;/h6-7,10,14,17-18H,2-5,8-9,11H2,1H3;1H. The number of hydrogen-bond donors (Lipinski definition) is 2. The predicted octanol–water partition coefficient (Wildman–Crippen LogP) is 1.44. The van der Waals surface area contributed by atoms with Crippen LogP contribution in [0.25, 0.3) is 0 Å². The second kappa shape index (κ2) is 7.82. The summed E-state index contributed by atoms with van der Waals surface area (Å²) in [5.41, 5.74) is 1.76. The average molecular weight is 374 g/mol. The van der Waals surface area contributed by atoms with Gasteiger partial charge in [0.2, 0.25) is 15.9 Å². The summed E-state index contributed by atoms with van der Waals surface area (Å²) in [4.78, 5) is 13.7. The van der Waals surface area contributed by atoms with Crippen molar-refractivity contribution in [2.24, 2.45) is 0 Å². The van der Waals surface area contributed by atoms with Gasteiger partial charge < -0.3 is 10.2 Å². The van der Waals surface area contributed by atoms with Gasteiger partial charge in [-0.15, -0.1) is 12.4 Å². The highest BCUT2D eigenvalue weighted by atomic mass is 35.5. The van der Waals surface area contributed by atoms with Crippen molar-refractivity contribution in [3.8, 4) is 0 Å². The number of rotatable bonds is 3. The highest BCUT2D eigenvalue weighted by molar-refractivity contribution is 7.89. The molecule has 6 nitrogen and oxygen atoms in total. The lowest BCUT2D eigenvalue weighted by molar-refractivity contribution is -0.116. The second-order valence-electron chi connectivity index (χ2n) is 6.23. The topological polar surface area (TPSA) is 78.5 Å². The molecule has 0 bridgehead atoms. The highest BCUT2D eigenvalue weighted by Gasteiger charge is 2.25. The number of aryl methyl sites for hydroxylation is 1. The van der Waals surface area contributed by atoms with Crippen LogP contribution in [-0.2, 0) is 21.2 Å². The molecule has 1 unspecified atom stereocenters. The molecule has 3 rings (SSSR count). The highest BCUT2D eigenvalue weighted by Crippen LogP contribution is 2.30. The van der Waals surface area contributed by atoms with E-state index in [0.717, 1.165) is 43.5 Å². The first-order valence-electron chi connectivity index (χ1n) is 8.11. The molecule has 0 spiro atoms. The number of nitrogens with zero attached hydrogens (tertiary/aromatic N) is 1. The molecule has 134 valence electrons. The zero-order chi connectivity index (χ0) is 16.4. The quantitative estimate of drug-likeness (QED) is 0.840. The first kappa shape index (κ1) is 19.2. The average Bonchev–Trinajstić information content (AvgIpc) is 2.54. The zero-order valence-corrected chi connectivity index (χ0v) is 15.4. The van der Waals surface area contributed by atoms with E-state index in [9.17, 15) is 13.2 Å². The second-order valence-corrected chi connectivity index (χ2v) is 7.94. The summed E-state index contributed by atoms with van der Waals surface area (Å²) in [5, 5.41) is 3.20. The van der Waals surface area contributed by atoms with E-state index in [1.54, 1.807) is 17.0 Å². The van der Waals surface area contributed by atoms with Gasteiger partial charge >= 0.3 is 0 Å². The van der Waals surface area contributed by atoms with Gasteiger partial charge in [-0.1, -0.05) is 6.07 Å². The van der Waals surface area contributed by atoms with Gasteiger partial charge in [-0.05, 0) is 49.9 Å². The summed E-state index contributed by atoms with van der Waals surface area (Å²) in [6.07, 6.45) is 3.59. The summed E-state index contributed by atoms with van der Waals surface area (Å²) in [6.45, 7) is 3.75. The maximum absolute atomic E-state index is 12.6. The molecule has 1 aromatic carbocycles. The van der Waals surface area contributed by atoms with Crippen LogP contribution in [0.4, 0.5) is 5.69 Å². The van der Waals surface area contributed by atoms with Crippen molar-refractivity contribution in [3.05, 3.63) is 23.8 Å². The lowest BCUT2D eigenvalue weighted by Crippen LogP contribution is -2.45. The minimum atomic E-state index is -3.57. The van der Waals surface area contributed by atoms with Crippen molar-refractivity contribution in [1.29, 1.82) is 0 Å². The molecule has 1 aromatic rings. The monoisotopic (exact) mass is 373 g/mol. The molecule has 1 fully saturated rings. The molecule has 2 aliphatic heterocycles. The molecule has 0 radical (unpaired) electrons. The van der Waals surface area contributed by atoms with Crippen molar-refractivity contribution >= 4 is 34.0 Å². The Bertz CT molecular complexity index is 703. The van der Waals surface area contributed by atoms with E-state index in [0.29, 0.717) is 13.1 Å². The Balaban J connectivity index is 0.00000208. The smallest absolute Gasteiger partial charge is 0.240 e. The Kier molecular flexibility index (Phi) is 6.25. The third kappa shape index (κ3) is 4.08. The number of carbonyl (C=O) groups excluding carboxylic acids is 1. The molecule has 0 saturated carbocycles. The van der Waals surface area contributed by atoms with E-state index in [1.807, 2.05) is 6.07 Å². The Morgan fingerprint density at radius 2 is 2.12 bits per heavy atom. The van der Waals surface area contributed by atoms with Gasteiger partial charge in [0.05, 0.1) is 4.90 Å². The first-order valence-corrected chi connectivity index (χ1v) is 9.60. The zero-order valence-electron chi connectivity index (χ0n) is 13.7. The van der Waals surface area contributed by atoms with Gasteiger partial charge in [-0.25, -0.2) is 13.1 Å². The van der Waals surface area contributed by atoms with Crippen LogP contribution in [0, 0.1) is 0 Å². The van der Waals surface area contributed by atoms with Crippen molar-refractivity contribution in [2.75, 3.05) is 24.5 Å². The number of anilines is 1. The van der Waals surface area contributed by atoms with Gasteiger partial charge in [0.25, 0.3) is 0 Å². The van der Waals surface area contributed by atoms with Gasteiger partial charge in [0.15, 0.2) is 0 Å². The van der Waals surface area contributed by atoms with Gasteiger partial charge in [-0.2, -0.15) is 0 Å². The van der Waals surface area contributed by atoms with Crippen LogP contribution in [0.3, 0.4) is 0 Å². The van der Waals surface area contributed by atoms with Gasteiger partial charge in [0, 0.05) is 31.7 Å². The van der Waals surface area contributed by atoms with Crippen molar-refractivity contribution < 1.29 is 13.2 Å². The van der Waals surface area contributed by atoms with Crippen molar-refractivity contribution in [2.45, 2.75) is 43.5 Å². The molecule has 1 saturated heterocycles. The lowest BCUT2D eigenvalue weighted by atomic mass is 10.0. The number of carbonyl (C=O) groups is 1. The van der Waals surface area contributed by atoms with Crippen LogP contribution in [-0.4, -0.2) is 40.0 Å². The van der Waals surface area contributed by atoms with E-state index in [2.05, 4.69) is 10.0 Å². The normalized spacial score (nSPS) is 20.9. The summed E-state index contributed by atoms with van der Waals surface area (Å²) >= 11 is 0. The Labute approximate surface area is 149 Å². The lowest BCUT2D eigenvalue weighted by Gasteiger charge is -2.29. The molecule has 0 aromatic heterocycles. The van der Waals surface area contributed by atoms with Crippen LogP contribution in [0.2, 0.25) is 0 Å². The minimum Gasteiger partial charge on any atom is -0.315 e. The van der Waals surface area contributed by atoms with Crippen molar-refractivity contribution in [1.82, 2.24) is 10.0 Å². The fourth-order valence-electron chi connectivity index (χ4n) is 3.29. The maximum atomic E-state index is 12.6. The molecular formula is C16H24ClN3O3S. The first-order chi connectivity index (χ1) is 11.0. The SMILES string of the molecule is CC(=O)N1CCCc2ccc(S(=O)(=O)NC3CCCNC3)cc21.Cl. The molecule has 1 amide bonds. The van der Waals surface area contributed by atoms with Crippen LogP contribution in [0.1, 0.15) is 31.7 Å². The summed E-state index contributed by atoms with van der Waals surface area (Å²) < 4.78 is 28.0. The molecule has 1 atom stereocenters. The van der Waals surface area contributed by atoms with Crippen LogP contribution in [0.5, 0.6) is 0 Å². The summed E-state index contributed by atoms with van der Waals surface area (Å²) in [7, 11) is -3.57. The number of nitrogens with one attached hydrogen (secondary N) is 2. The van der Waals surface area contributed by atoms with Crippen LogP contribution in [0.15, 0.2) is 23.1 Å². The third-order valence-corrected chi connectivity index (χ3v) is 6.00. The van der Waals surface area contributed by atoms with E-state index >= 15 is 0 Å². The maximum Gasteiger partial charge on any atom is 0.240 e. The molecule has 2 aliphatic rings. The fourth-order valence-corrected chi connectivity index (χ4v) is 4.58. The summed E-state index contributed by atoms with van der Waals surface area (Å²) in [5.74, 6) is -0.0510. The number of piperidine rings is 1. The molecule has 8 heteroatoms.